The van der Waals surface area contributed by atoms with E-state index in [-0.39, 0.29) is 17.4 Å². The number of benzene rings is 1. The lowest BCUT2D eigenvalue weighted by Crippen LogP contribution is -2.46. The van der Waals surface area contributed by atoms with E-state index in [1.54, 1.807) is 4.90 Å². The Labute approximate surface area is 153 Å². The summed E-state index contributed by atoms with van der Waals surface area (Å²) in [5.41, 5.74) is -0.115. The number of nitrogens with zero attached hydrogens (tertiary/aromatic N) is 2. The first-order valence-corrected chi connectivity index (χ1v) is 9.41. The Balaban J connectivity index is 1.59. The zero-order valence-corrected chi connectivity index (χ0v) is 15.4. The van der Waals surface area contributed by atoms with Gasteiger partial charge in [0.1, 0.15) is 11.6 Å². The van der Waals surface area contributed by atoms with E-state index in [4.69, 9.17) is 0 Å². The maximum absolute atomic E-state index is 13.8. The molecule has 1 aliphatic heterocycles. The molecule has 0 unspecified atom stereocenters. The molecule has 0 N–H and O–H groups in total. The fourth-order valence-electron chi connectivity index (χ4n) is 3.60. The van der Waals surface area contributed by atoms with E-state index >= 15 is 0 Å². The van der Waals surface area contributed by atoms with Crippen LogP contribution < -0.4 is 0 Å². The predicted octanol–water partition coefficient (Wildman–Crippen LogP) is 3.46. The smallest absolute Gasteiger partial charge is 0.256 e. The minimum Gasteiger partial charge on any atom is -0.339 e. The average molecular weight is 364 g/mol. The minimum absolute atomic E-state index is 0.0727. The van der Waals surface area contributed by atoms with Crippen molar-refractivity contribution in [3.63, 3.8) is 0 Å². The second-order valence-corrected chi connectivity index (χ2v) is 7.81. The van der Waals surface area contributed by atoms with E-state index < -0.39 is 17.5 Å². The number of rotatable bonds is 5. The first-order valence-electron chi connectivity index (χ1n) is 9.41. The first kappa shape index (κ1) is 18.8. The molecule has 0 aromatic heterocycles. The minimum atomic E-state index is -0.843. The fourth-order valence-corrected chi connectivity index (χ4v) is 3.60. The summed E-state index contributed by atoms with van der Waals surface area (Å²) < 4.78 is 26.9. The molecule has 1 aromatic rings. The third-order valence-corrected chi connectivity index (χ3v) is 5.13. The molecule has 2 fully saturated rings. The average Bonchev–Trinajstić information content (AvgIpc) is 3.43. The van der Waals surface area contributed by atoms with Crippen molar-refractivity contribution < 1.29 is 18.4 Å². The van der Waals surface area contributed by atoms with E-state index in [1.165, 1.54) is 6.07 Å². The Hall–Kier alpha value is -1.98. The van der Waals surface area contributed by atoms with E-state index in [9.17, 15) is 18.4 Å². The van der Waals surface area contributed by atoms with E-state index in [0.717, 1.165) is 31.5 Å². The van der Waals surface area contributed by atoms with E-state index in [2.05, 4.69) is 13.8 Å². The van der Waals surface area contributed by atoms with Gasteiger partial charge >= 0.3 is 0 Å². The van der Waals surface area contributed by atoms with Gasteiger partial charge in [0.05, 0.1) is 5.56 Å². The van der Waals surface area contributed by atoms with Crippen molar-refractivity contribution in [2.75, 3.05) is 19.6 Å². The van der Waals surface area contributed by atoms with E-state index in [0.29, 0.717) is 37.9 Å². The molecule has 0 bridgehead atoms. The van der Waals surface area contributed by atoms with Gasteiger partial charge in [0.2, 0.25) is 5.91 Å². The van der Waals surface area contributed by atoms with Crippen molar-refractivity contribution in [2.45, 2.75) is 45.6 Å². The highest BCUT2D eigenvalue weighted by atomic mass is 19.1. The SMILES string of the molecule is CC(C)CN(C(=O)C1CCN(C(=O)c2ccc(F)cc2F)CC1)C1CC1. The molecule has 2 amide bonds. The van der Waals surface area contributed by atoms with Gasteiger partial charge in [0.25, 0.3) is 5.91 Å². The molecule has 1 saturated carbocycles. The van der Waals surface area contributed by atoms with Crippen molar-refractivity contribution in [3.05, 3.63) is 35.4 Å². The Kier molecular flexibility index (Phi) is 5.58. The predicted molar refractivity (Wildman–Crippen MR) is 94.6 cm³/mol. The van der Waals surface area contributed by atoms with Crippen LogP contribution in [0.4, 0.5) is 8.78 Å². The van der Waals surface area contributed by atoms with Gasteiger partial charge in [-0.1, -0.05) is 13.8 Å². The summed E-state index contributed by atoms with van der Waals surface area (Å²) in [7, 11) is 0. The Morgan fingerprint density at radius 1 is 1.15 bits per heavy atom. The number of piperidine rings is 1. The van der Waals surface area contributed by atoms with Gasteiger partial charge in [-0.2, -0.15) is 0 Å². The highest BCUT2D eigenvalue weighted by Gasteiger charge is 2.37. The largest absolute Gasteiger partial charge is 0.339 e. The van der Waals surface area contributed by atoms with Crippen LogP contribution in [0.5, 0.6) is 0 Å². The highest BCUT2D eigenvalue weighted by Crippen LogP contribution is 2.31. The first-order chi connectivity index (χ1) is 12.4. The second kappa shape index (κ2) is 7.72. The molecule has 4 nitrogen and oxygen atoms in total. The third kappa shape index (κ3) is 4.22. The van der Waals surface area contributed by atoms with Crippen LogP contribution in [0.25, 0.3) is 0 Å². The van der Waals surface area contributed by atoms with Crippen molar-refractivity contribution in [2.24, 2.45) is 11.8 Å². The molecule has 0 atom stereocenters. The molecule has 1 saturated heterocycles. The van der Waals surface area contributed by atoms with E-state index in [1.807, 2.05) is 4.90 Å². The summed E-state index contributed by atoms with van der Waals surface area (Å²) in [6.07, 6.45) is 3.35. The molecular weight excluding hydrogens is 338 g/mol. The van der Waals surface area contributed by atoms with Gasteiger partial charge in [-0.25, -0.2) is 8.78 Å². The van der Waals surface area contributed by atoms with Gasteiger partial charge in [-0.3, -0.25) is 9.59 Å². The number of amides is 2. The summed E-state index contributed by atoms with van der Waals surface area (Å²) >= 11 is 0. The van der Waals surface area contributed by atoms with Crippen molar-refractivity contribution in [3.8, 4) is 0 Å². The molecule has 1 heterocycles. The number of carbonyl (C=O) groups is 2. The van der Waals surface area contributed by atoms with Crippen LogP contribution in [-0.2, 0) is 4.79 Å². The van der Waals surface area contributed by atoms with Crippen molar-refractivity contribution >= 4 is 11.8 Å². The summed E-state index contributed by atoms with van der Waals surface area (Å²) in [4.78, 5) is 28.9. The quantitative estimate of drug-likeness (QED) is 0.803. The number of hydrogen-bond acceptors (Lipinski definition) is 2. The normalized spacial score (nSPS) is 18.3. The standard InChI is InChI=1S/C20H26F2N2O2/c1-13(2)12-24(16-4-5-16)19(25)14-7-9-23(10-8-14)20(26)17-6-3-15(21)11-18(17)22/h3,6,11,13-14,16H,4-5,7-10,12H2,1-2H3. The molecule has 6 heteroatoms. The lowest BCUT2D eigenvalue weighted by molar-refractivity contribution is -0.138. The molecule has 0 radical (unpaired) electrons. The zero-order chi connectivity index (χ0) is 18.8. The van der Waals surface area contributed by atoms with Crippen LogP contribution in [-0.4, -0.2) is 47.3 Å². The summed E-state index contributed by atoms with van der Waals surface area (Å²) in [6.45, 7) is 5.85. The monoisotopic (exact) mass is 364 g/mol. The van der Waals surface area contributed by atoms with Crippen LogP contribution in [0.3, 0.4) is 0 Å². The van der Waals surface area contributed by atoms with Crippen LogP contribution in [0.2, 0.25) is 0 Å². The van der Waals surface area contributed by atoms with Gasteiger partial charge in [0, 0.05) is 37.7 Å². The van der Waals surface area contributed by atoms with Gasteiger partial charge in [-0.05, 0) is 43.7 Å². The number of halogens is 2. The molecule has 2 aliphatic rings. The topological polar surface area (TPSA) is 40.6 Å². The lowest BCUT2D eigenvalue weighted by atomic mass is 9.94. The van der Waals surface area contributed by atoms with Crippen molar-refractivity contribution in [1.29, 1.82) is 0 Å². The third-order valence-electron chi connectivity index (χ3n) is 5.13. The Bertz CT molecular complexity index is 680. The fraction of sp³-hybridized carbons (Fsp3) is 0.600. The van der Waals surface area contributed by atoms with Crippen LogP contribution in [0.1, 0.15) is 49.9 Å². The number of carbonyl (C=O) groups excluding carboxylic acids is 2. The lowest BCUT2D eigenvalue weighted by Gasteiger charge is -2.35. The highest BCUT2D eigenvalue weighted by molar-refractivity contribution is 5.94. The van der Waals surface area contributed by atoms with Crippen LogP contribution in [0.15, 0.2) is 18.2 Å². The molecule has 0 spiro atoms. The van der Waals surface area contributed by atoms with Gasteiger partial charge in [0.15, 0.2) is 0 Å². The zero-order valence-electron chi connectivity index (χ0n) is 15.4. The van der Waals surface area contributed by atoms with Gasteiger partial charge < -0.3 is 9.80 Å². The molecular formula is C20H26F2N2O2. The summed E-state index contributed by atoms with van der Waals surface area (Å²) in [6, 6.07) is 3.38. The second-order valence-electron chi connectivity index (χ2n) is 7.81. The van der Waals surface area contributed by atoms with Crippen LogP contribution in [0, 0.1) is 23.5 Å². The summed E-state index contributed by atoms with van der Waals surface area (Å²) in [5.74, 6) is -1.42. The van der Waals surface area contributed by atoms with Crippen molar-refractivity contribution in [1.82, 2.24) is 9.80 Å². The molecule has 142 valence electrons. The Morgan fingerprint density at radius 3 is 2.35 bits per heavy atom. The Morgan fingerprint density at radius 2 is 1.81 bits per heavy atom. The molecule has 3 rings (SSSR count). The van der Waals surface area contributed by atoms with Crippen LogP contribution >= 0.6 is 0 Å². The molecule has 1 aromatic carbocycles. The molecule has 26 heavy (non-hydrogen) atoms. The maximum Gasteiger partial charge on any atom is 0.256 e. The molecule has 1 aliphatic carbocycles. The maximum atomic E-state index is 13.8. The number of hydrogen-bond donors (Lipinski definition) is 0. The summed E-state index contributed by atoms with van der Waals surface area (Å²) in [5, 5.41) is 0. The number of likely N-dealkylation sites (tertiary alicyclic amines) is 1. The van der Waals surface area contributed by atoms with Gasteiger partial charge in [-0.15, -0.1) is 0 Å².